The van der Waals surface area contributed by atoms with Gasteiger partial charge in [0.2, 0.25) is 10.0 Å². The maximum atomic E-state index is 13.4. The van der Waals surface area contributed by atoms with Crippen molar-refractivity contribution in [2.45, 2.75) is 46.1 Å². The zero-order valence-corrected chi connectivity index (χ0v) is 25.5. The highest BCUT2D eigenvalue weighted by molar-refractivity contribution is 7.92. The summed E-state index contributed by atoms with van der Waals surface area (Å²) in [5.41, 5.74) is 9.85. The first kappa shape index (κ1) is 31.5. The highest BCUT2D eigenvalue weighted by Crippen LogP contribution is 2.39. The summed E-state index contributed by atoms with van der Waals surface area (Å²) in [4.78, 5) is 16.4. The number of aliphatic hydroxyl groups excluding tert-OH is 1. The second-order valence-corrected chi connectivity index (χ2v) is 12.7. The fourth-order valence-corrected chi connectivity index (χ4v) is 4.85. The Labute approximate surface area is 241 Å². The van der Waals surface area contributed by atoms with E-state index in [1.165, 1.54) is 18.3 Å². The average Bonchev–Trinajstić information content (AvgIpc) is 3.24. The summed E-state index contributed by atoms with van der Waals surface area (Å²) in [6, 6.07) is 8.50. The van der Waals surface area contributed by atoms with E-state index in [0.29, 0.717) is 34.2 Å². The molecule has 0 aliphatic carbocycles. The van der Waals surface area contributed by atoms with Gasteiger partial charge in [-0.05, 0) is 54.7 Å². The van der Waals surface area contributed by atoms with Gasteiger partial charge in [0.1, 0.15) is 11.9 Å². The van der Waals surface area contributed by atoms with Crippen molar-refractivity contribution >= 4 is 38.7 Å². The lowest BCUT2D eigenvalue weighted by Crippen LogP contribution is -2.38. The minimum Gasteiger partial charge on any atom is -0.492 e. The number of hydrazine groups is 1. The van der Waals surface area contributed by atoms with E-state index in [0.717, 1.165) is 17.4 Å². The molecule has 3 aromatic rings. The van der Waals surface area contributed by atoms with Crippen molar-refractivity contribution in [2.24, 2.45) is 18.6 Å². The summed E-state index contributed by atoms with van der Waals surface area (Å²) in [5, 5.41) is 14.1. The number of rotatable bonds is 9. The molecule has 13 heteroatoms. The van der Waals surface area contributed by atoms with Crippen LogP contribution >= 0.6 is 0 Å². The van der Waals surface area contributed by atoms with E-state index in [9.17, 15) is 18.3 Å². The van der Waals surface area contributed by atoms with Gasteiger partial charge >= 0.3 is 0 Å². The van der Waals surface area contributed by atoms with E-state index in [2.05, 4.69) is 15.0 Å². The number of benzene rings is 2. The third kappa shape index (κ3) is 7.37. The predicted octanol–water partition coefficient (Wildman–Crippen LogP) is 2.77. The normalized spacial score (nSPS) is 13.1. The molecule has 41 heavy (non-hydrogen) atoms. The highest BCUT2D eigenvalue weighted by atomic mass is 32.2. The van der Waals surface area contributed by atoms with Gasteiger partial charge in [-0.25, -0.2) is 23.8 Å². The van der Waals surface area contributed by atoms with E-state index in [4.69, 9.17) is 16.3 Å². The molecule has 1 unspecified atom stereocenters. The number of nitrogens with zero attached hydrogens (tertiary/aromatic N) is 2. The number of aliphatic hydroxyl groups is 1. The number of nitrogens with two attached hydrogens (primary N) is 2. The fraction of sp³-hybridized carbons (Fsp3) is 0.357. The standard InChI is InChI=1S/C28H39N7O5S/c1-16-9-10-18(11-23(16)35(30)15-20(29)24-14-31-26(17(2)36)34(24)6)27(37)32-21-12-19(28(3,4)5)13-22(25(21)40-7)33-41(8,38)39/h9-15,17,33,36H,29-30H2,1-8H3,(H,32,37)/p+1. The number of aromatic nitrogens is 2. The largest absolute Gasteiger partial charge is 0.492 e. The quantitative estimate of drug-likeness (QED) is 0.126. The molecule has 3 rings (SSSR count). The molecule has 0 aliphatic heterocycles. The Balaban J connectivity index is 1.98. The average molecular weight is 587 g/mol. The highest BCUT2D eigenvalue weighted by Gasteiger charge is 2.24. The Morgan fingerprint density at radius 1 is 1.22 bits per heavy atom. The van der Waals surface area contributed by atoms with Gasteiger partial charge in [0, 0.05) is 11.8 Å². The summed E-state index contributed by atoms with van der Waals surface area (Å²) in [5.74, 6) is 6.66. The minimum absolute atomic E-state index is 0.177. The van der Waals surface area contributed by atoms with Crippen LogP contribution < -0.4 is 35.9 Å². The fourth-order valence-electron chi connectivity index (χ4n) is 4.30. The molecule has 1 aromatic heterocycles. The summed E-state index contributed by atoms with van der Waals surface area (Å²) >= 11 is 0. The molecule has 0 saturated carbocycles. The predicted molar refractivity (Wildman–Crippen MR) is 161 cm³/mol. The summed E-state index contributed by atoms with van der Waals surface area (Å²) in [6.45, 7) is 9.42. The van der Waals surface area contributed by atoms with Crippen molar-refractivity contribution in [3.8, 4) is 5.75 Å². The molecule has 0 bridgehead atoms. The van der Waals surface area contributed by atoms with E-state index in [1.54, 1.807) is 55.1 Å². The monoisotopic (exact) mass is 586 g/mol. The molecule has 2 aromatic carbocycles. The van der Waals surface area contributed by atoms with Gasteiger partial charge in [0.15, 0.2) is 17.5 Å². The van der Waals surface area contributed by atoms with E-state index in [-0.39, 0.29) is 16.9 Å². The second-order valence-electron chi connectivity index (χ2n) is 11.0. The lowest BCUT2D eigenvalue weighted by Gasteiger charge is -2.24. The van der Waals surface area contributed by atoms with Gasteiger partial charge in [-0.1, -0.05) is 26.8 Å². The minimum atomic E-state index is -3.62. The van der Waals surface area contributed by atoms with Gasteiger partial charge < -0.3 is 20.9 Å². The Bertz CT molecular complexity index is 1590. The lowest BCUT2D eigenvalue weighted by atomic mass is 9.86. The number of nitrogens with one attached hydrogen (secondary N) is 3. The number of amides is 1. The van der Waals surface area contributed by atoms with E-state index in [1.807, 2.05) is 27.7 Å². The maximum Gasteiger partial charge on any atom is 0.283 e. The van der Waals surface area contributed by atoms with E-state index < -0.39 is 22.0 Å². The van der Waals surface area contributed by atoms with Crippen LogP contribution in [0.4, 0.5) is 17.1 Å². The Kier molecular flexibility index (Phi) is 9.06. The van der Waals surface area contributed by atoms with Crippen LogP contribution in [0.25, 0.3) is 5.70 Å². The number of methoxy groups -OCH3 is 1. The van der Waals surface area contributed by atoms with Crippen LogP contribution in [-0.4, -0.2) is 37.8 Å². The Morgan fingerprint density at radius 3 is 2.39 bits per heavy atom. The number of hydrogen-bond acceptors (Lipinski definition) is 8. The van der Waals surface area contributed by atoms with Crippen molar-refractivity contribution in [1.82, 2.24) is 4.98 Å². The van der Waals surface area contributed by atoms with Crippen LogP contribution in [0.2, 0.25) is 0 Å². The van der Waals surface area contributed by atoms with Crippen molar-refractivity contribution in [2.75, 3.05) is 28.4 Å². The molecule has 8 N–H and O–H groups in total. The molecule has 1 heterocycles. The number of anilines is 3. The smallest absolute Gasteiger partial charge is 0.283 e. The van der Waals surface area contributed by atoms with Gasteiger partial charge in [-0.3, -0.25) is 14.5 Å². The van der Waals surface area contributed by atoms with Gasteiger partial charge in [-0.15, -0.1) is 0 Å². The number of sulfonamides is 1. The molecule has 1 atom stereocenters. The van der Waals surface area contributed by atoms with Crippen molar-refractivity contribution < 1.29 is 27.6 Å². The third-order valence-corrected chi connectivity index (χ3v) is 7.09. The number of aryl methyl sites for hydroxylation is 1. The number of H-pyrrole nitrogens is 1. The van der Waals surface area contributed by atoms with Crippen molar-refractivity contribution in [3.05, 3.63) is 70.9 Å². The zero-order valence-electron chi connectivity index (χ0n) is 24.7. The lowest BCUT2D eigenvalue weighted by molar-refractivity contribution is -0.683. The van der Waals surface area contributed by atoms with Crippen LogP contribution in [-0.2, 0) is 22.5 Å². The summed E-state index contributed by atoms with van der Waals surface area (Å²) < 4.78 is 33.8. The summed E-state index contributed by atoms with van der Waals surface area (Å²) in [7, 11) is -0.450. The molecule has 0 radical (unpaired) electrons. The summed E-state index contributed by atoms with van der Waals surface area (Å²) in [6.07, 6.45) is 3.53. The number of hydrogen-bond donors (Lipinski definition) is 6. The third-order valence-electron chi connectivity index (χ3n) is 6.50. The van der Waals surface area contributed by atoms with Gasteiger partial charge in [-0.2, -0.15) is 0 Å². The topological polar surface area (TPSA) is 180 Å². The molecule has 0 aliphatic rings. The van der Waals surface area contributed by atoms with Crippen LogP contribution in [0.15, 0.2) is 42.7 Å². The van der Waals surface area contributed by atoms with Crippen molar-refractivity contribution in [3.63, 3.8) is 0 Å². The van der Waals surface area contributed by atoms with Crippen LogP contribution in [0, 0.1) is 6.92 Å². The van der Waals surface area contributed by atoms with Crippen LogP contribution in [0.1, 0.15) is 66.8 Å². The molecule has 1 amide bonds. The van der Waals surface area contributed by atoms with Gasteiger partial charge in [0.25, 0.3) is 11.7 Å². The van der Waals surface area contributed by atoms with E-state index >= 15 is 0 Å². The molecule has 222 valence electrons. The first-order chi connectivity index (χ1) is 18.9. The van der Waals surface area contributed by atoms with Crippen molar-refractivity contribution in [1.29, 1.82) is 0 Å². The van der Waals surface area contributed by atoms with Crippen LogP contribution in [0.5, 0.6) is 5.75 Å². The first-order valence-electron chi connectivity index (χ1n) is 12.8. The number of aromatic amines is 1. The second kappa shape index (κ2) is 11.8. The zero-order chi connectivity index (χ0) is 30.9. The van der Waals surface area contributed by atoms with Crippen LogP contribution in [0.3, 0.4) is 0 Å². The van der Waals surface area contributed by atoms with Gasteiger partial charge in [0.05, 0.1) is 37.5 Å². The Morgan fingerprint density at radius 2 is 1.85 bits per heavy atom. The molecular weight excluding hydrogens is 546 g/mol. The maximum absolute atomic E-state index is 13.4. The molecule has 12 nitrogen and oxygen atoms in total. The molecule has 0 spiro atoms. The number of ether oxygens (including phenoxy) is 1. The first-order valence-corrected chi connectivity index (χ1v) is 14.7. The molecular formula is C28H40N7O5S+. The molecule has 0 saturated heterocycles. The number of imidazole rings is 1. The number of carbonyl (C=O) groups is 1. The Hall–Kier alpha value is -4.07. The SMILES string of the molecule is COc1c(NC(=O)c2ccc(C)c(N(N)C=C(N)c3c[nH]c(C(C)O)[n+]3C)c2)cc(C(C)(C)C)cc1NS(C)(=O)=O. The number of carbonyl (C=O) groups excluding carboxylic acids is 1. The molecule has 0 fully saturated rings.